The molecule has 2 aromatic carbocycles. The highest BCUT2D eigenvalue weighted by atomic mass is 14.9. The van der Waals surface area contributed by atoms with Crippen LogP contribution in [-0.2, 0) is 0 Å². The summed E-state index contributed by atoms with van der Waals surface area (Å²) in [6, 6.07) is 20.3. The summed E-state index contributed by atoms with van der Waals surface area (Å²) in [6.07, 6.45) is 5.41. The van der Waals surface area contributed by atoms with Crippen LogP contribution in [0, 0.1) is 6.92 Å². The molecule has 3 heteroatoms. The summed E-state index contributed by atoms with van der Waals surface area (Å²) >= 11 is 0. The first-order chi connectivity index (χ1) is 10.8. The Balaban J connectivity index is 0.000000133. The van der Waals surface area contributed by atoms with Crippen LogP contribution in [0.3, 0.4) is 0 Å². The zero-order valence-electron chi connectivity index (χ0n) is 12.4. The maximum atomic E-state index is 4.19. The molecule has 1 N–H and O–H groups in total. The second-order valence-corrected chi connectivity index (χ2v) is 4.95. The average Bonchev–Trinajstić information content (AvgIpc) is 3.10. The zero-order chi connectivity index (χ0) is 15.2. The Morgan fingerprint density at radius 2 is 1.55 bits per heavy atom. The number of imidazole rings is 1. The number of aromatic nitrogens is 3. The molecule has 0 aliphatic rings. The van der Waals surface area contributed by atoms with E-state index in [9.17, 15) is 0 Å². The molecular weight excluding hydrogens is 270 g/mol. The molecule has 0 radical (unpaired) electrons. The van der Waals surface area contributed by atoms with E-state index in [2.05, 4.69) is 46.1 Å². The van der Waals surface area contributed by atoms with Gasteiger partial charge in [0.05, 0.1) is 5.52 Å². The monoisotopic (exact) mass is 287 g/mol. The van der Waals surface area contributed by atoms with Crippen molar-refractivity contribution in [1.82, 2.24) is 15.0 Å². The van der Waals surface area contributed by atoms with Crippen LogP contribution in [0.4, 0.5) is 0 Å². The molecule has 3 nitrogen and oxygen atoms in total. The Morgan fingerprint density at radius 1 is 0.773 bits per heavy atom. The number of nitrogens with zero attached hydrogens (tertiary/aromatic N) is 2. The van der Waals surface area contributed by atoms with Crippen LogP contribution in [0.25, 0.3) is 22.3 Å². The Bertz CT molecular complexity index is 786. The number of benzene rings is 2. The van der Waals surface area contributed by atoms with Crippen molar-refractivity contribution in [2.24, 2.45) is 0 Å². The Morgan fingerprint density at radius 3 is 2.32 bits per heavy atom. The molecular formula is C19H17N3. The first kappa shape index (κ1) is 14.0. The lowest BCUT2D eigenvalue weighted by molar-refractivity contribution is 1.29. The highest BCUT2D eigenvalue weighted by Gasteiger charge is 2.00. The van der Waals surface area contributed by atoms with E-state index in [4.69, 9.17) is 0 Å². The number of aryl methyl sites for hydroxylation is 1. The summed E-state index contributed by atoms with van der Waals surface area (Å²) in [4.78, 5) is 11.5. The van der Waals surface area contributed by atoms with E-state index in [1.165, 1.54) is 16.5 Å². The van der Waals surface area contributed by atoms with Crippen LogP contribution >= 0.6 is 0 Å². The Labute approximate surface area is 129 Å². The van der Waals surface area contributed by atoms with Crippen LogP contribution in [0.2, 0.25) is 0 Å². The molecule has 0 fully saturated rings. The second kappa shape index (κ2) is 6.68. The fourth-order valence-corrected chi connectivity index (χ4v) is 2.27. The summed E-state index contributed by atoms with van der Waals surface area (Å²) in [6.45, 7) is 2.08. The number of para-hydroxylation sites is 1. The van der Waals surface area contributed by atoms with Crippen LogP contribution < -0.4 is 0 Å². The van der Waals surface area contributed by atoms with Gasteiger partial charge < -0.3 is 4.98 Å². The van der Waals surface area contributed by atoms with Crippen LogP contribution in [0.15, 0.2) is 79.3 Å². The summed E-state index contributed by atoms with van der Waals surface area (Å²) in [5, 5.41) is 1.20. The molecule has 108 valence electrons. The molecule has 0 bridgehead atoms. The van der Waals surface area contributed by atoms with E-state index in [1.807, 2.05) is 48.8 Å². The molecule has 22 heavy (non-hydrogen) atoms. The number of pyridine rings is 1. The minimum Gasteiger partial charge on any atom is -0.345 e. The molecule has 2 heterocycles. The third-order valence-corrected chi connectivity index (χ3v) is 3.41. The second-order valence-electron chi connectivity index (χ2n) is 4.95. The normalized spacial score (nSPS) is 10.0. The third kappa shape index (κ3) is 3.20. The summed E-state index contributed by atoms with van der Waals surface area (Å²) in [5.41, 5.74) is 3.47. The summed E-state index contributed by atoms with van der Waals surface area (Å²) in [5.74, 6) is 0.938. The number of hydrogen-bond acceptors (Lipinski definition) is 2. The van der Waals surface area contributed by atoms with Crippen LogP contribution in [-0.4, -0.2) is 15.0 Å². The molecule has 0 aliphatic heterocycles. The van der Waals surface area contributed by atoms with E-state index >= 15 is 0 Å². The Kier molecular flexibility index (Phi) is 4.25. The van der Waals surface area contributed by atoms with Crippen LogP contribution in [0.5, 0.6) is 0 Å². The van der Waals surface area contributed by atoms with E-state index in [1.54, 1.807) is 6.20 Å². The first-order valence-corrected chi connectivity index (χ1v) is 7.20. The summed E-state index contributed by atoms with van der Waals surface area (Å²) in [7, 11) is 0. The number of hydrogen-bond donors (Lipinski definition) is 1. The Hall–Kier alpha value is -2.94. The fourth-order valence-electron chi connectivity index (χ4n) is 2.27. The van der Waals surface area contributed by atoms with Crippen molar-refractivity contribution in [2.75, 3.05) is 0 Å². The lowest BCUT2D eigenvalue weighted by atomic mass is 10.1. The van der Waals surface area contributed by atoms with Gasteiger partial charge in [-0.25, -0.2) is 4.98 Å². The van der Waals surface area contributed by atoms with Crippen molar-refractivity contribution in [1.29, 1.82) is 0 Å². The molecule has 0 saturated heterocycles. The molecule has 4 aromatic rings. The number of fused-ring (bicyclic) bond motifs is 1. The van der Waals surface area contributed by atoms with Crippen molar-refractivity contribution in [3.8, 4) is 11.4 Å². The number of nitrogens with one attached hydrogen (secondary N) is 1. The highest BCUT2D eigenvalue weighted by Crippen LogP contribution is 2.17. The van der Waals surface area contributed by atoms with Gasteiger partial charge in [0.25, 0.3) is 0 Å². The van der Waals surface area contributed by atoms with Gasteiger partial charge in [-0.2, -0.15) is 0 Å². The minimum absolute atomic E-state index is 0.938. The topological polar surface area (TPSA) is 41.6 Å². The van der Waals surface area contributed by atoms with Crippen molar-refractivity contribution in [2.45, 2.75) is 6.92 Å². The molecule has 0 spiro atoms. The smallest absolute Gasteiger partial charge is 0.137 e. The lowest BCUT2D eigenvalue weighted by Gasteiger charge is -1.99. The number of rotatable bonds is 1. The standard InChI is InChI=1S/C10H10N2.C9H7N/c1-8-4-2-3-5-9(8)10-11-6-7-12-10;1-2-6-9-8(4-1)5-3-7-10-9/h2-7H,1H3,(H,11,12);1-7H. The molecule has 2 aromatic heterocycles. The van der Waals surface area contributed by atoms with Gasteiger partial charge in [-0.1, -0.05) is 48.5 Å². The highest BCUT2D eigenvalue weighted by molar-refractivity contribution is 5.77. The maximum absolute atomic E-state index is 4.19. The van der Waals surface area contributed by atoms with Gasteiger partial charge in [-0.15, -0.1) is 0 Å². The van der Waals surface area contributed by atoms with Crippen molar-refractivity contribution in [3.63, 3.8) is 0 Å². The summed E-state index contributed by atoms with van der Waals surface area (Å²) < 4.78 is 0. The quantitative estimate of drug-likeness (QED) is 0.555. The van der Waals surface area contributed by atoms with Gasteiger partial charge in [-0.05, 0) is 24.6 Å². The van der Waals surface area contributed by atoms with E-state index in [0.717, 1.165) is 11.3 Å². The van der Waals surface area contributed by atoms with Gasteiger partial charge in [0.2, 0.25) is 0 Å². The van der Waals surface area contributed by atoms with Gasteiger partial charge in [0.15, 0.2) is 0 Å². The third-order valence-electron chi connectivity index (χ3n) is 3.41. The van der Waals surface area contributed by atoms with Crippen LogP contribution in [0.1, 0.15) is 5.56 Å². The average molecular weight is 287 g/mol. The van der Waals surface area contributed by atoms with Gasteiger partial charge in [0, 0.05) is 29.5 Å². The van der Waals surface area contributed by atoms with E-state index in [-0.39, 0.29) is 0 Å². The van der Waals surface area contributed by atoms with Gasteiger partial charge in [-0.3, -0.25) is 4.98 Å². The molecule has 0 aliphatic carbocycles. The van der Waals surface area contributed by atoms with E-state index in [0.29, 0.717) is 0 Å². The maximum Gasteiger partial charge on any atom is 0.137 e. The van der Waals surface area contributed by atoms with Gasteiger partial charge in [0.1, 0.15) is 5.82 Å². The SMILES string of the molecule is Cc1ccccc1-c1ncc[nH]1.c1ccc2ncccc2c1. The molecule has 0 saturated carbocycles. The molecule has 0 unspecified atom stereocenters. The van der Waals surface area contributed by atoms with Gasteiger partial charge >= 0.3 is 0 Å². The van der Waals surface area contributed by atoms with E-state index < -0.39 is 0 Å². The van der Waals surface area contributed by atoms with Crippen molar-refractivity contribution >= 4 is 10.9 Å². The number of H-pyrrole nitrogens is 1. The molecule has 0 atom stereocenters. The fraction of sp³-hybridized carbons (Fsp3) is 0.0526. The molecule has 0 amide bonds. The lowest BCUT2D eigenvalue weighted by Crippen LogP contribution is -1.83. The largest absolute Gasteiger partial charge is 0.345 e. The van der Waals surface area contributed by atoms with Crippen molar-refractivity contribution in [3.05, 3.63) is 84.8 Å². The molecule has 4 rings (SSSR count). The first-order valence-electron chi connectivity index (χ1n) is 7.20. The minimum atomic E-state index is 0.938. The predicted octanol–water partition coefficient (Wildman–Crippen LogP) is 4.62. The predicted molar refractivity (Wildman–Crippen MR) is 90.5 cm³/mol. The van der Waals surface area contributed by atoms with Crippen molar-refractivity contribution < 1.29 is 0 Å². The number of aromatic amines is 1. The zero-order valence-corrected chi connectivity index (χ0v) is 12.4.